The van der Waals surface area contributed by atoms with Crippen LogP contribution in [0.4, 0.5) is 0 Å². The third-order valence-corrected chi connectivity index (χ3v) is 4.76. The zero-order chi connectivity index (χ0) is 17.8. The van der Waals surface area contributed by atoms with Crippen LogP contribution in [0.15, 0.2) is 52.5 Å². The van der Waals surface area contributed by atoms with Crippen molar-refractivity contribution >= 4 is 35.4 Å². The number of nitrogens with zero attached hydrogens (tertiary/aromatic N) is 1. The standard InChI is InChI=1S/C17H15N3O3S2/c1-11-4-6-12(7-5-11)13-10-25-17(24)20(13)9-15(21)18-19-16(22)14-3-2-8-23-14/h2-8,10H,9H2,1H3,(H,18,21)(H,19,22). The van der Waals surface area contributed by atoms with Crippen molar-refractivity contribution < 1.29 is 14.0 Å². The van der Waals surface area contributed by atoms with Gasteiger partial charge in [-0.3, -0.25) is 20.4 Å². The summed E-state index contributed by atoms with van der Waals surface area (Å²) < 4.78 is 7.28. The molecule has 0 fully saturated rings. The van der Waals surface area contributed by atoms with E-state index in [9.17, 15) is 9.59 Å². The molecule has 8 heteroatoms. The molecular weight excluding hydrogens is 358 g/mol. The smallest absolute Gasteiger partial charge is 0.305 e. The predicted octanol–water partition coefficient (Wildman–Crippen LogP) is 3.31. The van der Waals surface area contributed by atoms with Crippen LogP contribution in [0.3, 0.4) is 0 Å². The van der Waals surface area contributed by atoms with Gasteiger partial charge in [0, 0.05) is 5.38 Å². The molecule has 2 heterocycles. The fourth-order valence-electron chi connectivity index (χ4n) is 2.21. The maximum Gasteiger partial charge on any atom is 0.305 e. The van der Waals surface area contributed by atoms with Gasteiger partial charge in [0.2, 0.25) is 0 Å². The van der Waals surface area contributed by atoms with E-state index in [1.807, 2.05) is 36.6 Å². The summed E-state index contributed by atoms with van der Waals surface area (Å²) in [6.45, 7) is 2.02. The second-order valence-electron chi connectivity index (χ2n) is 5.32. The van der Waals surface area contributed by atoms with E-state index in [2.05, 4.69) is 10.9 Å². The van der Waals surface area contributed by atoms with Crippen molar-refractivity contribution in [2.24, 2.45) is 0 Å². The number of amides is 2. The van der Waals surface area contributed by atoms with Gasteiger partial charge in [0.15, 0.2) is 9.71 Å². The van der Waals surface area contributed by atoms with Gasteiger partial charge in [-0.15, -0.1) is 11.3 Å². The van der Waals surface area contributed by atoms with Gasteiger partial charge in [-0.25, -0.2) is 0 Å². The van der Waals surface area contributed by atoms with Crippen molar-refractivity contribution in [1.29, 1.82) is 0 Å². The molecule has 0 radical (unpaired) electrons. The Balaban J connectivity index is 1.69. The molecule has 2 amide bonds. The number of carbonyl (C=O) groups is 2. The molecule has 0 saturated carbocycles. The fraction of sp³-hybridized carbons (Fsp3) is 0.118. The first-order valence-corrected chi connectivity index (χ1v) is 8.71. The lowest BCUT2D eigenvalue weighted by atomic mass is 10.1. The van der Waals surface area contributed by atoms with E-state index in [1.54, 1.807) is 10.6 Å². The van der Waals surface area contributed by atoms with Gasteiger partial charge in [0.05, 0.1) is 12.0 Å². The van der Waals surface area contributed by atoms with E-state index in [-0.39, 0.29) is 18.2 Å². The number of nitrogens with one attached hydrogen (secondary N) is 2. The Kier molecular flexibility index (Phi) is 5.11. The molecule has 0 aliphatic rings. The fourth-order valence-corrected chi connectivity index (χ4v) is 3.28. The number of aryl methyl sites for hydroxylation is 1. The predicted molar refractivity (Wildman–Crippen MR) is 97.6 cm³/mol. The number of carbonyl (C=O) groups excluding carboxylic acids is 2. The van der Waals surface area contributed by atoms with Gasteiger partial charge in [-0.2, -0.15) is 0 Å². The summed E-state index contributed by atoms with van der Waals surface area (Å²) in [5, 5.41) is 1.92. The number of rotatable bonds is 4. The maximum atomic E-state index is 12.2. The molecule has 0 bridgehead atoms. The second-order valence-corrected chi connectivity index (χ2v) is 6.82. The van der Waals surface area contributed by atoms with Crippen LogP contribution in [0, 0.1) is 10.9 Å². The number of hydrogen-bond donors (Lipinski definition) is 2. The lowest BCUT2D eigenvalue weighted by molar-refractivity contribution is -0.122. The highest BCUT2D eigenvalue weighted by Gasteiger charge is 2.13. The summed E-state index contributed by atoms with van der Waals surface area (Å²) in [4.78, 5) is 23.9. The summed E-state index contributed by atoms with van der Waals surface area (Å²) in [6.07, 6.45) is 1.38. The van der Waals surface area contributed by atoms with Crippen LogP contribution < -0.4 is 10.9 Å². The highest BCUT2D eigenvalue weighted by atomic mass is 32.1. The summed E-state index contributed by atoms with van der Waals surface area (Å²) in [6, 6.07) is 11.1. The van der Waals surface area contributed by atoms with Crippen molar-refractivity contribution in [1.82, 2.24) is 15.4 Å². The molecule has 1 aromatic carbocycles. The first kappa shape index (κ1) is 17.1. The minimum Gasteiger partial charge on any atom is -0.459 e. The molecule has 3 rings (SSSR count). The molecule has 25 heavy (non-hydrogen) atoms. The highest BCUT2D eigenvalue weighted by Crippen LogP contribution is 2.24. The van der Waals surface area contributed by atoms with Crippen LogP contribution in [0.1, 0.15) is 16.1 Å². The van der Waals surface area contributed by atoms with Gasteiger partial charge in [-0.1, -0.05) is 29.8 Å². The molecule has 3 aromatic rings. The highest BCUT2D eigenvalue weighted by molar-refractivity contribution is 7.73. The van der Waals surface area contributed by atoms with E-state index in [4.69, 9.17) is 16.6 Å². The van der Waals surface area contributed by atoms with Gasteiger partial charge >= 0.3 is 5.91 Å². The molecule has 0 aliphatic carbocycles. The Labute approximate surface area is 153 Å². The molecule has 128 valence electrons. The molecule has 0 atom stereocenters. The first-order valence-electron chi connectivity index (χ1n) is 7.42. The van der Waals surface area contributed by atoms with Gasteiger partial charge in [0.25, 0.3) is 5.91 Å². The van der Waals surface area contributed by atoms with Crippen LogP contribution in [-0.4, -0.2) is 16.4 Å². The zero-order valence-corrected chi connectivity index (χ0v) is 14.9. The topological polar surface area (TPSA) is 76.3 Å². The van der Waals surface area contributed by atoms with E-state index in [0.29, 0.717) is 3.95 Å². The van der Waals surface area contributed by atoms with Crippen molar-refractivity contribution in [3.8, 4) is 11.3 Å². The molecule has 0 unspecified atom stereocenters. The Morgan fingerprint density at radius 2 is 1.96 bits per heavy atom. The summed E-state index contributed by atoms with van der Waals surface area (Å²) in [5.74, 6) is -0.790. The Hall–Kier alpha value is -2.71. The average Bonchev–Trinajstić information content (AvgIpc) is 3.25. The number of thiazole rings is 1. The zero-order valence-electron chi connectivity index (χ0n) is 13.3. The van der Waals surface area contributed by atoms with E-state index < -0.39 is 5.91 Å². The van der Waals surface area contributed by atoms with Gasteiger partial charge in [-0.05, 0) is 36.8 Å². The van der Waals surface area contributed by atoms with Crippen LogP contribution in [-0.2, 0) is 11.3 Å². The van der Waals surface area contributed by atoms with Crippen molar-refractivity contribution in [2.75, 3.05) is 0 Å². The largest absolute Gasteiger partial charge is 0.459 e. The van der Waals surface area contributed by atoms with Crippen LogP contribution in [0.5, 0.6) is 0 Å². The minimum absolute atomic E-state index is 0.00395. The SMILES string of the molecule is Cc1ccc(-c2csc(=S)n2CC(=O)NNC(=O)c2ccco2)cc1. The molecule has 0 saturated heterocycles. The maximum absolute atomic E-state index is 12.2. The molecule has 6 nitrogen and oxygen atoms in total. The molecular formula is C17H15N3O3S2. The normalized spacial score (nSPS) is 10.4. The number of hydrazine groups is 1. The molecule has 2 N–H and O–H groups in total. The van der Waals surface area contributed by atoms with E-state index in [1.165, 1.54) is 23.7 Å². The quantitative estimate of drug-likeness (QED) is 0.543. The number of hydrogen-bond acceptors (Lipinski definition) is 5. The van der Waals surface area contributed by atoms with Gasteiger partial charge in [0.1, 0.15) is 6.54 Å². The first-order chi connectivity index (χ1) is 12.0. The van der Waals surface area contributed by atoms with Crippen LogP contribution >= 0.6 is 23.6 Å². The third kappa shape index (κ3) is 4.04. The van der Waals surface area contributed by atoms with E-state index in [0.717, 1.165) is 16.8 Å². The summed E-state index contributed by atoms with van der Waals surface area (Å²) in [5.41, 5.74) is 7.67. The van der Waals surface area contributed by atoms with Crippen LogP contribution in [0.25, 0.3) is 11.3 Å². The number of furan rings is 1. The second kappa shape index (κ2) is 7.45. The Bertz CT molecular complexity index is 940. The minimum atomic E-state index is -0.522. The summed E-state index contributed by atoms with van der Waals surface area (Å²) in [7, 11) is 0. The number of aromatic nitrogens is 1. The molecule has 2 aromatic heterocycles. The van der Waals surface area contributed by atoms with Crippen molar-refractivity contribution in [2.45, 2.75) is 13.5 Å². The molecule has 0 aliphatic heterocycles. The lowest BCUT2D eigenvalue weighted by Crippen LogP contribution is -2.43. The lowest BCUT2D eigenvalue weighted by Gasteiger charge is -2.10. The van der Waals surface area contributed by atoms with Crippen LogP contribution in [0.2, 0.25) is 0 Å². The summed E-state index contributed by atoms with van der Waals surface area (Å²) >= 11 is 6.71. The van der Waals surface area contributed by atoms with Crippen molar-refractivity contribution in [3.63, 3.8) is 0 Å². The number of benzene rings is 1. The average molecular weight is 373 g/mol. The Morgan fingerprint density at radius 1 is 1.20 bits per heavy atom. The monoisotopic (exact) mass is 373 g/mol. The van der Waals surface area contributed by atoms with Gasteiger partial charge < -0.3 is 8.98 Å². The van der Waals surface area contributed by atoms with Crippen molar-refractivity contribution in [3.05, 3.63) is 63.3 Å². The molecule has 0 spiro atoms. The third-order valence-electron chi connectivity index (χ3n) is 3.49. The van der Waals surface area contributed by atoms with E-state index >= 15 is 0 Å². The Morgan fingerprint density at radius 3 is 2.64 bits per heavy atom.